The van der Waals surface area contributed by atoms with E-state index >= 15 is 0 Å². The van der Waals surface area contributed by atoms with E-state index in [0.29, 0.717) is 18.4 Å². The van der Waals surface area contributed by atoms with Crippen molar-refractivity contribution in [1.29, 1.82) is 0 Å². The molecule has 0 unspecified atom stereocenters. The number of nitrogens with zero attached hydrogens (tertiary/aromatic N) is 3. The summed E-state index contributed by atoms with van der Waals surface area (Å²) in [5.74, 6) is -0.449. The van der Waals surface area contributed by atoms with Crippen molar-refractivity contribution in [3.63, 3.8) is 0 Å². The van der Waals surface area contributed by atoms with Crippen molar-refractivity contribution in [2.24, 2.45) is 11.7 Å². The Bertz CT molecular complexity index is 630. The second kappa shape index (κ2) is 6.76. The Balaban J connectivity index is 1.74. The average molecular weight is 332 g/mol. The van der Waals surface area contributed by atoms with Gasteiger partial charge in [-0.1, -0.05) is 0 Å². The predicted molar refractivity (Wildman–Crippen MR) is 89.5 cm³/mol. The molecular weight excluding hydrogens is 308 g/mol. The highest BCUT2D eigenvalue weighted by atomic mass is 16.3. The van der Waals surface area contributed by atoms with Gasteiger partial charge in [0.15, 0.2) is 0 Å². The van der Waals surface area contributed by atoms with Crippen molar-refractivity contribution in [2.75, 3.05) is 25.0 Å². The monoisotopic (exact) mass is 332 g/mol. The molecule has 0 spiro atoms. The largest absolute Gasteiger partial charge is 0.390 e. The highest BCUT2D eigenvalue weighted by Crippen LogP contribution is 2.30. The molecule has 1 aliphatic heterocycles. The Hall–Kier alpha value is -2.15. The van der Waals surface area contributed by atoms with Gasteiger partial charge in [0.2, 0.25) is 5.91 Å². The van der Waals surface area contributed by atoms with E-state index in [0.717, 1.165) is 31.7 Å². The Kier molecular flexibility index (Phi) is 4.71. The molecule has 3 rings (SSSR count). The van der Waals surface area contributed by atoms with Gasteiger partial charge < -0.3 is 20.6 Å². The molecule has 1 aliphatic carbocycles. The van der Waals surface area contributed by atoms with Gasteiger partial charge in [-0.25, -0.2) is 4.98 Å². The summed E-state index contributed by atoms with van der Waals surface area (Å²) >= 11 is 0. The minimum Gasteiger partial charge on any atom is -0.390 e. The zero-order valence-electron chi connectivity index (χ0n) is 13.9. The van der Waals surface area contributed by atoms with Gasteiger partial charge in [0.1, 0.15) is 5.82 Å². The molecule has 7 heteroatoms. The highest BCUT2D eigenvalue weighted by molar-refractivity contribution is 5.95. The van der Waals surface area contributed by atoms with Crippen LogP contribution < -0.4 is 10.6 Å². The number of carbonyl (C=O) groups is 2. The van der Waals surface area contributed by atoms with Crippen molar-refractivity contribution in [1.82, 2.24) is 9.88 Å². The number of aliphatic hydroxyl groups is 1. The van der Waals surface area contributed by atoms with Crippen LogP contribution in [0.25, 0.3) is 0 Å². The average Bonchev–Trinajstić information content (AvgIpc) is 3.23. The zero-order chi connectivity index (χ0) is 17.3. The van der Waals surface area contributed by atoms with Crippen LogP contribution in [0.2, 0.25) is 0 Å². The van der Waals surface area contributed by atoms with Crippen LogP contribution in [0.15, 0.2) is 18.3 Å². The van der Waals surface area contributed by atoms with Gasteiger partial charge in [-0.3, -0.25) is 9.59 Å². The molecule has 1 saturated heterocycles. The van der Waals surface area contributed by atoms with Gasteiger partial charge >= 0.3 is 0 Å². The summed E-state index contributed by atoms with van der Waals surface area (Å²) in [6.45, 7) is 1.92. The minimum absolute atomic E-state index is 0.174. The van der Waals surface area contributed by atoms with Crippen LogP contribution in [0.4, 0.5) is 5.82 Å². The molecule has 2 amide bonds. The molecule has 2 aliphatic rings. The summed E-state index contributed by atoms with van der Waals surface area (Å²) in [7, 11) is 1.66. The summed E-state index contributed by atoms with van der Waals surface area (Å²) < 4.78 is 0. The van der Waals surface area contributed by atoms with Gasteiger partial charge in [-0.05, 0) is 37.8 Å². The molecule has 0 aromatic carbocycles. The molecular formula is C17H24N4O3. The first kappa shape index (κ1) is 16.7. The van der Waals surface area contributed by atoms with E-state index in [4.69, 9.17) is 5.73 Å². The molecule has 3 atom stereocenters. The number of nitrogens with two attached hydrogens (primary N) is 1. The molecule has 1 saturated carbocycles. The number of amides is 2. The summed E-state index contributed by atoms with van der Waals surface area (Å²) in [5, 5.41) is 10.3. The number of anilines is 1. The summed E-state index contributed by atoms with van der Waals surface area (Å²) in [6.07, 6.45) is 4.10. The second-order valence-electron chi connectivity index (χ2n) is 6.66. The number of carbonyl (C=O) groups excluding carboxylic acids is 2. The van der Waals surface area contributed by atoms with Crippen LogP contribution in [-0.2, 0) is 4.79 Å². The Morgan fingerprint density at radius 2 is 2.04 bits per heavy atom. The predicted octanol–water partition coefficient (Wildman–Crippen LogP) is 0.379. The number of primary amides is 1. The van der Waals surface area contributed by atoms with Crippen LogP contribution in [-0.4, -0.2) is 59.1 Å². The summed E-state index contributed by atoms with van der Waals surface area (Å²) in [4.78, 5) is 32.2. The lowest BCUT2D eigenvalue weighted by Gasteiger charge is -2.28. The van der Waals surface area contributed by atoms with Crippen molar-refractivity contribution in [3.05, 3.63) is 23.9 Å². The van der Waals surface area contributed by atoms with E-state index < -0.39 is 24.0 Å². The molecule has 24 heavy (non-hydrogen) atoms. The van der Waals surface area contributed by atoms with Gasteiger partial charge in [-0.2, -0.15) is 0 Å². The lowest BCUT2D eigenvalue weighted by molar-refractivity contribution is -0.124. The van der Waals surface area contributed by atoms with E-state index in [2.05, 4.69) is 9.88 Å². The maximum Gasteiger partial charge on any atom is 0.254 e. The number of hydrogen-bond donors (Lipinski definition) is 2. The van der Waals surface area contributed by atoms with Crippen molar-refractivity contribution in [2.45, 2.75) is 37.8 Å². The molecule has 1 aromatic heterocycles. The topological polar surface area (TPSA) is 99.8 Å². The van der Waals surface area contributed by atoms with Crippen LogP contribution in [0.3, 0.4) is 0 Å². The third kappa shape index (κ3) is 3.08. The molecule has 0 radical (unpaired) electrons. The standard InChI is InChI=1S/C17H24N4O3/c1-20(13-5-4-12(15(13)22)16(18)23)17(24)11-6-7-19-14(10-11)21-8-2-3-9-21/h6-7,10,12-13,15,22H,2-5,8-9H2,1H3,(H2,18,23)/t12-,13-,15+/m1/s1. The van der Waals surface area contributed by atoms with Gasteiger partial charge in [0.05, 0.1) is 18.1 Å². The first-order valence-corrected chi connectivity index (χ1v) is 8.44. The highest BCUT2D eigenvalue weighted by Gasteiger charge is 2.41. The molecule has 7 nitrogen and oxygen atoms in total. The van der Waals surface area contributed by atoms with Crippen molar-refractivity contribution < 1.29 is 14.7 Å². The fourth-order valence-corrected chi connectivity index (χ4v) is 3.72. The Labute approximate surface area is 141 Å². The molecule has 0 bridgehead atoms. The Morgan fingerprint density at radius 3 is 2.67 bits per heavy atom. The van der Waals surface area contributed by atoms with Crippen LogP contribution >= 0.6 is 0 Å². The zero-order valence-corrected chi connectivity index (χ0v) is 13.9. The smallest absolute Gasteiger partial charge is 0.254 e. The minimum atomic E-state index is -0.906. The fraction of sp³-hybridized carbons (Fsp3) is 0.588. The van der Waals surface area contributed by atoms with E-state index in [1.807, 2.05) is 0 Å². The van der Waals surface area contributed by atoms with E-state index in [1.165, 1.54) is 4.90 Å². The summed E-state index contributed by atoms with van der Waals surface area (Å²) in [5.41, 5.74) is 5.86. The van der Waals surface area contributed by atoms with Crippen LogP contribution in [0.5, 0.6) is 0 Å². The van der Waals surface area contributed by atoms with Crippen molar-refractivity contribution in [3.8, 4) is 0 Å². The maximum atomic E-state index is 12.8. The first-order valence-electron chi connectivity index (χ1n) is 8.44. The van der Waals surface area contributed by atoms with Crippen LogP contribution in [0.1, 0.15) is 36.0 Å². The number of pyridine rings is 1. The number of hydrogen-bond acceptors (Lipinski definition) is 5. The van der Waals surface area contributed by atoms with Crippen molar-refractivity contribution >= 4 is 17.6 Å². The lowest BCUT2D eigenvalue weighted by Crippen LogP contribution is -2.45. The van der Waals surface area contributed by atoms with E-state index in [9.17, 15) is 14.7 Å². The van der Waals surface area contributed by atoms with E-state index in [1.54, 1.807) is 25.4 Å². The normalized spacial score (nSPS) is 26.6. The Morgan fingerprint density at radius 1 is 1.33 bits per heavy atom. The quantitative estimate of drug-likeness (QED) is 0.830. The van der Waals surface area contributed by atoms with Gasteiger partial charge in [-0.15, -0.1) is 0 Å². The number of rotatable bonds is 4. The second-order valence-corrected chi connectivity index (χ2v) is 6.66. The number of likely N-dealkylation sites (N-methyl/N-ethyl adjacent to an activating group) is 1. The number of aliphatic hydroxyl groups excluding tert-OH is 1. The van der Waals surface area contributed by atoms with Gasteiger partial charge in [0, 0.05) is 31.9 Å². The first-order chi connectivity index (χ1) is 11.5. The molecule has 2 fully saturated rings. The van der Waals surface area contributed by atoms with Crippen LogP contribution in [0, 0.1) is 5.92 Å². The van der Waals surface area contributed by atoms with E-state index in [-0.39, 0.29) is 5.91 Å². The van der Waals surface area contributed by atoms with Gasteiger partial charge in [0.25, 0.3) is 5.91 Å². The third-order valence-corrected chi connectivity index (χ3v) is 5.19. The fourth-order valence-electron chi connectivity index (χ4n) is 3.72. The molecule has 3 N–H and O–H groups in total. The maximum absolute atomic E-state index is 12.8. The molecule has 130 valence electrons. The molecule has 2 heterocycles. The lowest BCUT2D eigenvalue weighted by atomic mass is 10.0. The molecule has 1 aromatic rings. The third-order valence-electron chi connectivity index (χ3n) is 5.19. The summed E-state index contributed by atoms with van der Waals surface area (Å²) in [6, 6.07) is 3.10. The SMILES string of the molecule is CN(C(=O)c1ccnc(N2CCCC2)c1)[C@@H]1CC[C@@H](C(N)=O)[C@@H]1O. The number of aromatic nitrogens is 1.